The summed E-state index contributed by atoms with van der Waals surface area (Å²) in [5, 5.41) is 5.89. The molecule has 1 atom stereocenters. The fraction of sp³-hybridized carbons (Fsp3) is 0.167. The molecule has 0 spiro atoms. The van der Waals surface area contributed by atoms with Gasteiger partial charge in [0, 0.05) is 4.47 Å². The number of benzene rings is 2. The molecule has 1 aliphatic heterocycles. The first-order valence-electron chi connectivity index (χ1n) is 7.86. The maximum Gasteiger partial charge on any atom is 0.325 e. The van der Waals surface area contributed by atoms with Gasteiger partial charge in [-0.3, -0.25) is 14.5 Å². The van der Waals surface area contributed by atoms with Crippen LogP contribution in [0, 0.1) is 0 Å². The molecule has 2 aromatic rings. The Hall–Kier alpha value is -2.09. The average Bonchev–Trinajstić information content (AvgIpc) is 2.83. The number of carbonyl (C=O) groups is 3. The molecule has 1 saturated heterocycles. The normalized spacial score (nSPS) is 19.2. The van der Waals surface area contributed by atoms with Crippen molar-refractivity contribution in [1.29, 1.82) is 0 Å². The Morgan fingerprint density at radius 3 is 2.56 bits per heavy atom. The van der Waals surface area contributed by atoms with Crippen molar-refractivity contribution >= 4 is 62.7 Å². The summed E-state index contributed by atoms with van der Waals surface area (Å²) < 4.78 is 0.691. The van der Waals surface area contributed by atoms with E-state index in [4.69, 9.17) is 23.2 Å². The van der Waals surface area contributed by atoms with E-state index in [0.717, 1.165) is 4.90 Å². The maximum atomic E-state index is 12.9. The van der Waals surface area contributed by atoms with Crippen molar-refractivity contribution in [3.8, 4) is 0 Å². The van der Waals surface area contributed by atoms with Crippen LogP contribution in [0.3, 0.4) is 0 Å². The first kappa shape index (κ1) is 19.7. The molecule has 3 rings (SSSR count). The second-order valence-electron chi connectivity index (χ2n) is 6.10. The second-order valence-corrected chi connectivity index (χ2v) is 7.77. The van der Waals surface area contributed by atoms with Crippen molar-refractivity contribution in [3.05, 3.63) is 62.5 Å². The topological polar surface area (TPSA) is 78.5 Å². The lowest BCUT2D eigenvalue weighted by Gasteiger charge is -2.22. The van der Waals surface area contributed by atoms with E-state index < -0.39 is 29.9 Å². The molecule has 140 valence electrons. The van der Waals surface area contributed by atoms with Gasteiger partial charge >= 0.3 is 6.03 Å². The van der Waals surface area contributed by atoms with Gasteiger partial charge in [-0.05, 0) is 52.7 Å². The number of nitrogens with zero attached hydrogens (tertiary/aromatic N) is 1. The van der Waals surface area contributed by atoms with Gasteiger partial charge in [-0.15, -0.1) is 0 Å². The molecular formula is C18H14BrCl2N3O3. The van der Waals surface area contributed by atoms with E-state index >= 15 is 0 Å². The van der Waals surface area contributed by atoms with Crippen LogP contribution in [0.15, 0.2) is 46.9 Å². The zero-order chi connectivity index (χ0) is 19.8. The van der Waals surface area contributed by atoms with E-state index in [2.05, 4.69) is 26.6 Å². The summed E-state index contributed by atoms with van der Waals surface area (Å²) in [6.07, 6.45) is 0. The number of hydrogen-bond donors (Lipinski definition) is 2. The van der Waals surface area contributed by atoms with E-state index in [1.807, 2.05) is 0 Å². The Labute approximate surface area is 173 Å². The van der Waals surface area contributed by atoms with Gasteiger partial charge in [0.1, 0.15) is 12.1 Å². The quantitative estimate of drug-likeness (QED) is 0.658. The largest absolute Gasteiger partial charge is 0.325 e. The molecule has 0 bridgehead atoms. The van der Waals surface area contributed by atoms with Crippen LogP contribution >= 0.6 is 39.1 Å². The predicted octanol–water partition coefficient (Wildman–Crippen LogP) is 4.16. The Balaban J connectivity index is 1.78. The number of anilines is 1. The molecule has 6 nitrogen and oxygen atoms in total. The van der Waals surface area contributed by atoms with Crippen molar-refractivity contribution in [2.75, 3.05) is 11.9 Å². The first-order chi connectivity index (χ1) is 12.7. The van der Waals surface area contributed by atoms with Crippen LogP contribution in [0.4, 0.5) is 10.5 Å². The first-order valence-corrected chi connectivity index (χ1v) is 9.41. The van der Waals surface area contributed by atoms with Gasteiger partial charge in [0.05, 0.1) is 15.7 Å². The van der Waals surface area contributed by atoms with Gasteiger partial charge in [0.25, 0.3) is 5.91 Å². The van der Waals surface area contributed by atoms with E-state index in [0.29, 0.717) is 20.7 Å². The van der Waals surface area contributed by atoms with Crippen molar-refractivity contribution in [2.45, 2.75) is 12.5 Å². The molecule has 0 saturated carbocycles. The Morgan fingerprint density at radius 2 is 1.89 bits per heavy atom. The number of rotatable bonds is 4. The van der Waals surface area contributed by atoms with Crippen molar-refractivity contribution in [1.82, 2.24) is 10.2 Å². The Morgan fingerprint density at radius 1 is 1.19 bits per heavy atom. The third-order valence-electron chi connectivity index (χ3n) is 4.22. The summed E-state index contributed by atoms with van der Waals surface area (Å²) in [6.45, 7) is 1.14. The van der Waals surface area contributed by atoms with E-state index in [1.165, 1.54) is 6.07 Å². The lowest BCUT2D eigenvalue weighted by Crippen LogP contribution is -2.42. The number of nitrogens with one attached hydrogen (secondary N) is 2. The molecule has 4 amide bonds. The van der Waals surface area contributed by atoms with Crippen molar-refractivity contribution < 1.29 is 14.4 Å². The molecule has 27 heavy (non-hydrogen) atoms. The molecule has 0 aliphatic carbocycles. The van der Waals surface area contributed by atoms with E-state index in [1.54, 1.807) is 43.3 Å². The molecule has 2 aromatic carbocycles. The van der Waals surface area contributed by atoms with Crippen LogP contribution in [0.1, 0.15) is 12.5 Å². The van der Waals surface area contributed by atoms with Gasteiger partial charge in [-0.2, -0.15) is 0 Å². The number of para-hydroxylation sites is 1. The van der Waals surface area contributed by atoms with Gasteiger partial charge < -0.3 is 10.6 Å². The number of hydrogen-bond acceptors (Lipinski definition) is 3. The minimum Gasteiger partial charge on any atom is -0.324 e. The van der Waals surface area contributed by atoms with E-state index in [9.17, 15) is 14.4 Å². The third-order valence-corrected chi connectivity index (χ3v) is 5.65. The SMILES string of the molecule is CC1(c2ccc(Cl)c(Cl)c2)NC(=O)N(CC(=O)Nc2ccccc2Br)C1=O. The van der Waals surface area contributed by atoms with Gasteiger partial charge in [0.15, 0.2) is 0 Å². The molecule has 2 N–H and O–H groups in total. The smallest absolute Gasteiger partial charge is 0.324 e. The number of carbonyl (C=O) groups excluding carboxylic acids is 3. The lowest BCUT2D eigenvalue weighted by molar-refractivity contribution is -0.133. The molecule has 0 radical (unpaired) electrons. The highest BCUT2D eigenvalue weighted by Crippen LogP contribution is 2.33. The standard InChI is InChI=1S/C18H14BrCl2N3O3/c1-18(10-6-7-12(20)13(21)8-10)16(26)24(17(27)23-18)9-15(25)22-14-5-3-2-4-11(14)19/h2-8H,9H2,1H3,(H,22,25)(H,23,27). The summed E-state index contributed by atoms with van der Waals surface area (Å²) in [7, 11) is 0. The van der Waals surface area contributed by atoms with Crippen LogP contribution in [0.5, 0.6) is 0 Å². The van der Waals surface area contributed by atoms with Gasteiger partial charge in [-0.1, -0.05) is 41.4 Å². The molecular weight excluding hydrogens is 457 g/mol. The Kier molecular flexibility index (Phi) is 5.46. The third kappa shape index (κ3) is 3.81. The van der Waals surface area contributed by atoms with Crippen LogP contribution in [-0.4, -0.2) is 29.3 Å². The number of imide groups is 1. The Bertz CT molecular complexity index is 953. The maximum absolute atomic E-state index is 12.9. The minimum atomic E-state index is -1.33. The second kappa shape index (κ2) is 7.50. The molecule has 1 unspecified atom stereocenters. The molecule has 1 fully saturated rings. The number of urea groups is 1. The average molecular weight is 471 g/mol. The monoisotopic (exact) mass is 469 g/mol. The molecule has 9 heteroatoms. The highest BCUT2D eigenvalue weighted by atomic mass is 79.9. The fourth-order valence-corrected chi connectivity index (χ4v) is 3.42. The lowest BCUT2D eigenvalue weighted by atomic mass is 9.92. The van der Waals surface area contributed by atoms with Crippen molar-refractivity contribution in [2.24, 2.45) is 0 Å². The summed E-state index contributed by atoms with van der Waals surface area (Å²) in [5.74, 6) is -1.04. The molecule has 0 aromatic heterocycles. The fourth-order valence-electron chi connectivity index (χ4n) is 2.74. The van der Waals surface area contributed by atoms with Crippen LogP contribution in [0.2, 0.25) is 10.0 Å². The zero-order valence-corrected chi connectivity index (χ0v) is 17.2. The van der Waals surface area contributed by atoms with Gasteiger partial charge in [0.2, 0.25) is 5.91 Å². The highest BCUT2D eigenvalue weighted by Gasteiger charge is 2.49. The van der Waals surface area contributed by atoms with Crippen LogP contribution in [-0.2, 0) is 15.1 Å². The van der Waals surface area contributed by atoms with Gasteiger partial charge in [-0.25, -0.2) is 4.79 Å². The zero-order valence-electron chi connectivity index (χ0n) is 14.1. The summed E-state index contributed by atoms with van der Waals surface area (Å²) in [5.41, 5.74) is -0.315. The summed E-state index contributed by atoms with van der Waals surface area (Å²) >= 11 is 15.3. The van der Waals surface area contributed by atoms with Crippen molar-refractivity contribution in [3.63, 3.8) is 0 Å². The van der Waals surface area contributed by atoms with Crippen LogP contribution < -0.4 is 10.6 Å². The summed E-state index contributed by atoms with van der Waals surface area (Å²) in [4.78, 5) is 38.4. The predicted molar refractivity (Wildman–Crippen MR) is 107 cm³/mol. The highest BCUT2D eigenvalue weighted by molar-refractivity contribution is 9.10. The minimum absolute atomic E-state index is 0.266. The molecule has 1 aliphatic rings. The number of amides is 4. The van der Waals surface area contributed by atoms with E-state index in [-0.39, 0.29) is 5.02 Å². The number of halogens is 3. The van der Waals surface area contributed by atoms with Crippen LogP contribution in [0.25, 0.3) is 0 Å². The molecule has 1 heterocycles. The summed E-state index contributed by atoms with van der Waals surface area (Å²) in [6, 6.07) is 11.1.